The minimum Gasteiger partial charge on any atom is -0.497 e. The van der Waals surface area contributed by atoms with E-state index in [1.54, 1.807) is 38.4 Å². The standard InChI is InChI=1S/C23H24N2O5/c1-13-16(9-14-5-6-15(28-2)10-18(14)24-13)23(27)25-11-17-20(29-3)7-8-21(30-4)22(17)19(26)12-25/h5-10,19,26H,11-12H2,1-4H3/t19-/m0/s1. The van der Waals surface area contributed by atoms with Crippen molar-refractivity contribution < 1.29 is 24.1 Å². The summed E-state index contributed by atoms with van der Waals surface area (Å²) in [5.74, 6) is 1.73. The molecule has 7 nitrogen and oxygen atoms in total. The van der Waals surface area contributed by atoms with Crippen molar-refractivity contribution in [1.29, 1.82) is 0 Å². The molecule has 7 heteroatoms. The van der Waals surface area contributed by atoms with E-state index in [2.05, 4.69) is 4.98 Å². The maximum absolute atomic E-state index is 13.4. The summed E-state index contributed by atoms with van der Waals surface area (Å²) in [5.41, 5.74) is 3.31. The lowest BCUT2D eigenvalue weighted by atomic mass is 9.94. The first-order valence-corrected chi connectivity index (χ1v) is 9.63. The molecule has 0 aliphatic carbocycles. The molecule has 1 N–H and O–H groups in total. The normalized spacial score (nSPS) is 15.6. The highest BCUT2D eigenvalue weighted by atomic mass is 16.5. The molecule has 0 saturated carbocycles. The van der Waals surface area contributed by atoms with Crippen LogP contribution in [0.5, 0.6) is 17.2 Å². The van der Waals surface area contributed by atoms with E-state index in [1.807, 2.05) is 31.2 Å². The predicted octanol–water partition coefficient (Wildman–Crippen LogP) is 3.26. The summed E-state index contributed by atoms with van der Waals surface area (Å²) in [6.45, 7) is 2.28. The monoisotopic (exact) mass is 408 g/mol. The molecule has 1 aliphatic rings. The fraction of sp³-hybridized carbons (Fsp3) is 0.304. The molecule has 30 heavy (non-hydrogen) atoms. The van der Waals surface area contributed by atoms with Crippen LogP contribution in [-0.2, 0) is 6.54 Å². The number of pyridine rings is 1. The number of β-amino-alcohol motifs (C(OH)–C–C–N with tert-alkyl or cyclic N) is 1. The SMILES string of the molecule is COc1ccc2cc(C(=O)N3Cc4c(OC)ccc(OC)c4[C@@H](O)C3)c(C)nc2c1. The van der Waals surface area contributed by atoms with Crippen molar-refractivity contribution in [3.05, 3.63) is 58.8 Å². The van der Waals surface area contributed by atoms with E-state index in [0.717, 1.165) is 16.5 Å². The van der Waals surface area contributed by atoms with Crippen LogP contribution in [-0.4, -0.2) is 48.8 Å². The van der Waals surface area contributed by atoms with Gasteiger partial charge >= 0.3 is 0 Å². The molecule has 0 bridgehead atoms. The molecule has 1 amide bonds. The number of aryl methyl sites for hydroxylation is 1. The quantitative estimate of drug-likeness (QED) is 0.714. The van der Waals surface area contributed by atoms with E-state index in [1.165, 1.54) is 0 Å². The topological polar surface area (TPSA) is 81.1 Å². The highest BCUT2D eigenvalue weighted by Gasteiger charge is 2.33. The van der Waals surface area contributed by atoms with Gasteiger partial charge in [0.2, 0.25) is 0 Å². The van der Waals surface area contributed by atoms with Gasteiger partial charge in [0.25, 0.3) is 5.91 Å². The molecular formula is C23H24N2O5. The van der Waals surface area contributed by atoms with Crippen LogP contribution in [0, 0.1) is 6.92 Å². The first-order valence-electron chi connectivity index (χ1n) is 9.63. The van der Waals surface area contributed by atoms with E-state index < -0.39 is 6.10 Å². The molecule has 0 fully saturated rings. The Morgan fingerprint density at radius 2 is 1.80 bits per heavy atom. The highest BCUT2D eigenvalue weighted by Crippen LogP contribution is 2.39. The van der Waals surface area contributed by atoms with Crippen LogP contribution in [0.25, 0.3) is 10.9 Å². The largest absolute Gasteiger partial charge is 0.497 e. The van der Waals surface area contributed by atoms with Crippen molar-refractivity contribution in [1.82, 2.24) is 9.88 Å². The number of benzene rings is 2. The molecule has 1 aromatic heterocycles. The zero-order chi connectivity index (χ0) is 21.4. The van der Waals surface area contributed by atoms with Crippen molar-refractivity contribution in [3.63, 3.8) is 0 Å². The minimum atomic E-state index is -0.874. The number of fused-ring (bicyclic) bond motifs is 2. The number of ether oxygens (including phenoxy) is 3. The molecule has 2 aromatic carbocycles. The number of carbonyl (C=O) groups is 1. The Kier molecular flexibility index (Phi) is 5.22. The molecule has 156 valence electrons. The fourth-order valence-corrected chi connectivity index (χ4v) is 3.99. The smallest absolute Gasteiger partial charge is 0.256 e. The number of amides is 1. The summed E-state index contributed by atoms with van der Waals surface area (Å²) in [6.07, 6.45) is -0.874. The van der Waals surface area contributed by atoms with Crippen LogP contribution >= 0.6 is 0 Å². The Morgan fingerprint density at radius 1 is 1.07 bits per heavy atom. The van der Waals surface area contributed by atoms with Gasteiger partial charge in [-0.1, -0.05) is 0 Å². The van der Waals surface area contributed by atoms with Crippen LogP contribution in [0.15, 0.2) is 36.4 Å². The molecule has 0 unspecified atom stereocenters. The number of carbonyl (C=O) groups excluding carboxylic acids is 1. The second-order valence-electron chi connectivity index (χ2n) is 7.24. The Morgan fingerprint density at radius 3 is 2.50 bits per heavy atom. The number of aliphatic hydroxyl groups is 1. The highest BCUT2D eigenvalue weighted by molar-refractivity contribution is 5.99. The van der Waals surface area contributed by atoms with E-state index >= 15 is 0 Å². The Labute approximate surface area is 174 Å². The third-order valence-corrected chi connectivity index (χ3v) is 5.52. The molecule has 2 heterocycles. The number of rotatable bonds is 4. The molecule has 1 atom stereocenters. The van der Waals surface area contributed by atoms with Crippen molar-refractivity contribution in [3.8, 4) is 17.2 Å². The second kappa shape index (κ2) is 7.84. The van der Waals surface area contributed by atoms with Crippen molar-refractivity contribution in [2.45, 2.75) is 19.6 Å². The molecule has 0 spiro atoms. The number of aliphatic hydroxyl groups excluding tert-OH is 1. The molecule has 4 rings (SSSR count). The van der Waals surface area contributed by atoms with Crippen molar-refractivity contribution >= 4 is 16.8 Å². The zero-order valence-electron chi connectivity index (χ0n) is 17.4. The number of methoxy groups -OCH3 is 3. The van der Waals surface area contributed by atoms with Gasteiger partial charge in [-0.05, 0) is 37.3 Å². The molecule has 0 saturated heterocycles. The van der Waals surface area contributed by atoms with Crippen LogP contribution < -0.4 is 14.2 Å². The molecule has 3 aromatic rings. The van der Waals surface area contributed by atoms with Gasteiger partial charge in [-0.2, -0.15) is 0 Å². The summed E-state index contributed by atoms with van der Waals surface area (Å²) in [5, 5.41) is 11.6. The average molecular weight is 408 g/mol. The van der Waals surface area contributed by atoms with Gasteiger partial charge in [-0.25, -0.2) is 0 Å². The Balaban J connectivity index is 1.72. The van der Waals surface area contributed by atoms with E-state index in [4.69, 9.17) is 14.2 Å². The van der Waals surface area contributed by atoms with E-state index in [9.17, 15) is 9.90 Å². The second-order valence-corrected chi connectivity index (χ2v) is 7.24. The lowest BCUT2D eigenvalue weighted by molar-refractivity contribution is 0.0537. The fourth-order valence-electron chi connectivity index (χ4n) is 3.99. The molecule has 0 radical (unpaired) electrons. The first-order chi connectivity index (χ1) is 14.5. The third-order valence-electron chi connectivity index (χ3n) is 5.52. The van der Waals surface area contributed by atoms with Crippen LogP contribution in [0.3, 0.4) is 0 Å². The number of hydrogen-bond acceptors (Lipinski definition) is 6. The van der Waals surface area contributed by atoms with Gasteiger partial charge in [0.1, 0.15) is 23.4 Å². The Hall–Kier alpha value is -3.32. The third kappa shape index (κ3) is 3.31. The predicted molar refractivity (Wildman–Crippen MR) is 112 cm³/mol. The lowest BCUT2D eigenvalue weighted by Crippen LogP contribution is -2.39. The van der Waals surface area contributed by atoms with Gasteiger partial charge in [-0.3, -0.25) is 9.78 Å². The van der Waals surface area contributed by atoms with Crippen molar-refractivity contribution in [2.24, 2.45) is 0 Å². The number of nitrogens with zero attached hydrogens (tertiary/aromatic N) is 2. The Bertz CT molecular complexity index is 1130. The van der Waals surface area contributed by atoms with Gasteiger partial charge in [0.05, 0.1) is 51.2 Å². The molecular weight excluding hydrogens is 384 g/mol. The van der Waals surface area contributed by atoms with Crippen molar-refractivity contribution in [2.75, 3.05) is 27.9 Å². The average Bonchev–Trinajstić information content (AvgIpc) is 2.76. The van der Waals surface area contributed by atoms with Gasteiger partial charge in [0.15, 0.2) is 0 Å². The van der Waals surface area contributed by atoms with Gasteiger partial charge in [0, 0.05) is 22.6 Å². The summed E-state index contributed by atoms with van der Waals surface area (Å²) in [4.78, 5) is 19.6. The van der Waals surface area contributed by atoms with Gasteiger partial charge < -0.3 is 24.2 Å². The summed E-state index contributed by atoms with van der Waals surface area (Å²) in [7, 11) is 4.74. The zero-order valence-corrected chi connectivity index (χ0v) is 17.4. The van der Waals surface area contributed by atoms with Crippen LogP contribution in [0.4, 0.5) is 0 Å². The maximum atomic E-state index is 13.4. The summed E-state index contributed by atoms with van der Waals surface area (Å²) in [6, 6.07) is 11.0. The van der Waals surface area contributed by atoms with E-state index in [0.29, 0.717) is 40.6 Å². The van der Waals surface area contributed by atoms with Crippen LogP contribution in [0.1, 0.15) is 33.3 Å². The lowest BCUT2D eigenvalue weighted by Gasteiger charge is -2.34. The number of hydrogen-bond donors (Lipinski definition) is 1. The maximum Gasteiger partial charge on any atom is 0.256 e. The number of aromatic nitrogens is 1. The first kappa shape index (κ1) is 20.0. The molecule has 1 aliphatic heterocycles. The summed E-state index contributed by atoms with van der Waals surface area (Å²) >= 11 is 0. The minimum absolute atomic E-state index is 0.162. The van der Waals surface area contributed by atoms with Crippen LogP contribution in [0.2, 0.25) is 0 Å². The van der Waals surface area contributed by atoms with Gasteiger partial charge in [-0.15, -0.1) is 0 Å². The van der Waals surface area contributed by atoms with E-state index in [-0.39, 0.29) is 12.5 Å². The summed E-state index contributed by atoms with van der Waals surface area (Å²) < 4.78 is 16.1.